The molecular weight excluding hydrogens is 352 g/mol. The molecule has 3 rings (SSSR count). The Kier molecular flexibility index (Phi) is 5.70. The standard InChI is InChI=1S/C19H22N2O4S/c1-15-4-2-5-16(12-15)14-20-19(22)17-6-3-7-18(13-17)26(23,24)21-8-10-25-11-9-21/h2-7,12-13H,8-11,14H2,1H3,(H,20,22). The van der Waals surface area contributed by atoms with Crippen molar-refractivity contribution in [3.63, 3.8) is 0 Å². The summed E-state index contributed by atoms with van der Waals surface area (Å²) >= 11 is 0. The molecule has 7 heteroatoms. The van der Waals surface area contributed by atoms with Gasteiger partial charge in [0.1, 0.15) is 0 Å². The van der Waals surface area contributed by atoms with Gasteiger partial charge in [-0.05, 0) is 30.7 Å². The fourth-order valence-electron chi connectivity index (χ4n) is 2.84. The number of nitrogens with zero attached hydrogens (tertiary/aromatic N) is 1. The van der Waals surface area contributed by atoms with Crippen LogP contribution in [0.3, 0.4) is 0 Å². The van der Waals surface area contributed by atoms with Crippen molar-refractivity contribution >= 4 is 15.9 Å². The molecule has 1 fully saturated rings. The van der Waals surface area contributed by atoms with E-state index in [-0.39, 0.29) is 10.8 Å². The predicted molar refractivity (Wildman–Crippen MR) is 98.4 cm³/mol. The van der Waals surface area contributed by atoms with Crippen molar-refractivity contribution in [1.82, 2.24) is 9.62 Å². The number of rotatable bonds is 5. The van der Waals surface area contributed by atoms with Gasteiger partial charge in [0.05, 0.1) is 18.1 Å². The lowest BCUT2D eigenvalue weighted by Crippen LogP contribution is -2.40. The molecule has 0 bridgehead atoms. The first-order chi connectivity index (χ1) is 12.5. The Morgan fingerprint density at radius 2 is 1.85 bits per heavy atom. The van der Waals surface area contributed by atoms with Gasteiger partial charge in [0.25, 0.3) is 5.91 Å². The molecule has 1 aliphatic heterocycles. The number of carbonyl (C=O) groups excluding carboxylic acids is 1. The minimum Gasteiger partial charge on any atom is -0.379 e. The first-order valence-electron chi connectivity index (χ1n) is 8.48. The van der Waals surface area contributed by atoms with Gasteiger partial charge in [0.2, 0.25) is 10.0 Å². The smallest absolute Gasteiger partial charge is 0.251 e. The second kappa shape index (κ2) is 7.99. The number of sulfonamides is 1. The van der Waals surface area contributed by atoms with Crippen molar-refractivity contribution in [2.75, 3.05) is 26.3 Å². The van der Waals surface area contributed by atoms with E-state index >= 15 is 0 Å². The van der Waals surface area contributed by atoms with Gasteiger partial charge in [0.15, 0.2) is 0 Å². The number of nitrogens with one attached hydrogen (secondary N) is 1. The molecule has 0 radical (unpaired) electrons. The molecule has 1 N–H and O–H groups in total. The monoisotopic (exact) mass is 374 g/mol. The maximum atomic E-state index is 12.7. The van der Waals surface area contributed by atoms with Crippen LogP contribution in [-0.2, 0) is 21.3 Å². The van der Waals surface area contributed by atoms with Crippen molar-refractivity contribution in [2.24, 2.45) is 0 Å². The number of hydrogen-bond acceptors (Lipinski definition) is 4. The van der Waals surface area contributed by atoms with Gasteiger partial charge in [-0.15, -0.1) is 0 Å². The van der Waals surface area contributed by atoms with Gasteiger partial charge in [-0.1, -0.05) is 35.9 Å². The second-order valence-electron chi connectivity index (χ2n) is 6.22. The van der Waals surface area contributed by atoms with Gasteiger partial charge >= 0.3 is 0 Å². The number of hydrogen-bond donors (Lipinski definition) is 1. The van der Waals surface area contributed by atoms with Crippen molar-refractivity contribution in [3.05, 3.63) is 65.2 Å². The molecule has 26 heavy (non-hydrogen) atoms. The Bertz CT molecular complexity index is 890. The molecular formula is C19H22N2O4S. The summed E-state index contributed by atoms with van der Waals surface area (Å²) in [6.45, 7) is 3.80. The molecule has 2 aromatic carbocycles. The Balaban J connectivity index is 1.73. The lowest BCUT2D eigenvalue weighted by Gasteiger charge is -2.26. The highest BCUT2D eigenvalue weighted by molar-refractivity contribution is 7.89. The van der Waals surface area contributed by atoms with Crippen LogP contribution in [-0.4, -0.2) is 44.9 Å². The van der Waals surface area contributed by atoms with Crippen LogP contribution in [0.5, 0.6) is 0 Å². The molecule has 0 unspecified atom stereocenters. The molecule has 1 aliphatic rings. The average Bonchev–Trinajstić information content (AvgIpc) is 2.67. The number of carbonyl (C=O) groups is 1. The third kappa shape index (κ3) is 4.30. The Hall–Kier alpha value is -2.22. The molecule has 138 valence electrons. The second-order valence-corrected chi connectivity index (χ2v) is 8.15. The number of aryl methyl sites for hydroxylation is 1. The van der Waals surface area contributed by atoms with Crippen molar-refractivity contribution in [1.29, 1.82) is 0 Å². The highest BCUT2D eigenvalue weighted by atomic mass is 32.2. The number of ether oxygens (including phenoxy) is 1. The molecule has 1 saturated heterocycles. The highest BCUT2D eigenvalue weighted by Crippen LogP contribution is 2.18. The summed E-state index contributed by atoms with van der Waals surface area (Å²) in [4.78, 5) is 12.5. The maximum absolute atomic E-state index is 12.7. The van der Waals surface area contributed by atoms with E-state index in [2.05, 4.69) is 5.32 Å². The zero-order chi connectivity index (χ0) is 18.6. The van der Waals surface area contributed by atoms with E-state index in [1.165, 1.54) is 16.4 Å². The molecule has 6 nitrogen and oxygen atoms in total. The molecule has 0 saturated carbocycles. The summed E-state index contributed by atoms with van der Waals surface area (Å²) in [6, 6.07) is 14.0. The van der Waals surface area contributed by atoms with E-state index in [4.69, 9.17) is 4.74 Å². The molecule has 0 aromatic heterocycles. The van der Waals surface area contributed by atoms with Crippen LogP contribution in [0.1, 0.15) is 21.5 Å². The summed E-state index contributed by atoms with van der Waals surface area (Å²) in [6.07, 6.45) is 0. The third-order valence-electron chi connectivity index (χ3n) is 4.24. The lowest BCUT2D eigenvalue weighted by molar-refractivity contribution is 0.0730. The fraction of sp³-hybridized carbons (Fsp3) is 0.316. The summed E-state index contributed by atoms with van der Waals surface area (Å²) < 4.78 is 32.0. The Labute approximate surface area is 153 Å². The number of morpholine rings is 1. The quantitative estimate of drug-likeness (QED) is 0.868. The highest BCUT2D eigenvalue weighted by Gasteiger charge is 2.26. The predicted octanol–water partition coefficient (Wildman–Crippen LogP) is 1.95. The van der Waals surface area contributed by atoms with Crippen LogP contribution in [0.2, 0.25) is 0 Å². The van der Waals surface area contributed by atoms with Crippen LogP contribution in [0, 0.1) is 6.92 Å². The summed E-state index contributed by atoms with van der Waals surface area (Å²) in [7, 11) is -3.62. The largest absolute Gasteiger partial charge is 0.379 e. The Morgan fingerprint density at radius 1 is 1.12 bits per heavy atom. The SMILES string of the molecule is Cc1cccc(CNC(=O)c2cccc(S(=O)(=O)N3CCOCC3)c2)c1. The van der Waals surface area contributed by atoms with Gasteiger partial charge in [-0.3, -0.25) is 4.79 Å². The maximum Gasteiger partial charge on any atom is 0.251 e. The van der Waals surface area contributed by atoms with Gasteiger partial charge < -0.3 is 10.1 Å². The van der Waals surface area contributed by atoms with E-state index in [1.54, 1.807) is 12.1 Å². The first kappa shape index (κ1) is 18.6. The van der Waals surface area contributed by atoms with E-state index in [0.717, 1.165) is 11.1 Å². The van der Waals surface area contributed by atoms with Crippen molar-refractivity contribution < 1.29 is 17.9 Å². The number of amides is 1. The molecule has 0 spiro atoms. The molecule has 1 heterocycles. The minimum absolute atomic E-state index is 0.127. The van der Waals surface area contributed by atoms with E-state index < -0.39 is 10.0 Å². The lowest BCUT2D eigenvalue weighted by atomic mass is 10.1. The molecule has 2 aromatic rings. The van der Waals surface area contributed by atoms with Crippen LogP contribution in [0.15, 0.2) is 53.4 Å². The van der Waals surface area contributed by atoms with Crippen LogP contribution >= 0.6 is 0 Å². The normalized spacial score (nSPS) is 15.6. The van der Waals surface area contributed by atoms with Crippen molar-refractivity contribution in [3.8, 4) is 0 Å². The van der Waals surface area contributed by atoms with Gasteiger partial charge in [0, 0.05) is 25.2 Å². The fourth-order valence-corrected chi connectivity index (χ4v) is 4.29. The zero-order valence-corrected chi connectivity index (χ0v) is 15.5. The summed E-state index contributed by atoms with van der Waals surface area (Å²) in [5, 5.41) is 2.83. The molecule has 0 atom stereocenters. The van der Waals surface area contributed by atoms with Crippen LogP contribution in [0.4, 0.5) is 0 Å². The number of benzene rings is 2. The molecule has 0 aliphatic carbocycles. The van der Waals surface area contributed by atoms with E-state index in [0.29, 0.717) is 38.4 Å². The van der Waals surface area contributed by atoms with E-state index in [9.17, 15) is 13.2 Å². The first-order valence-corrected chi connectivity index (χ1v) is 9.92. The van der Waals surface area contributed by atoms with Crippen molar-refractivity contribution in [2.45, 2.75) is 18.4 Å². The third-order valence-corrected chi connectivity index (χ3v) is 6.13. The van der Waals surface area contributed by atoms with E-state index in [1.807, 2.05) is 31.2 Å². The minimum atomic E-state index is -3.62. The van der Waals surface area contributed by atoms with Crippen LogP contribution in [0.25, 0.3) is 0 Å². The summed E-state index contributed by atoms with van der Waals surface area (Å²) in [5.74, 6) is -0.300. The molecule has 1 amide bonds. The van der Waals surface area contributed by atoms with Gasteiger partial charge in [-0.2, -0.15) is 4.31 Å². The van der Waals surface area contributed by atoms with Gasteiger partial charge in [-0.25, -0.2) is 8.42 Å². The topological polar surface area (TPSA) is 75.7 Å². The summed E-state index contributed by atoms with van der Waals surface area (Å²) in [5.41, 5.74) is 2.44. The van der Waals surface area contributed by atoms with Crippen LogP contribution < -0.4 is 5.32 Å². The Morgan fingerprint density at radius 3 is 2.58 bits per heavy atom. The average molecular weight is 374 g/mol. The zero-order valence-electron chi connectivity index (χ0n) is 14.6.